The summed E-state index contributed by atoms with van der Waals surface area (Å²) in [6.45, 7) is 1.42. The van der Waals surface area contributed by atoms with Crippen LogP contribution in [0.15, 0.2) is 60.7 Å². The Labute approximate surface area is 129 Å². The third kappa shape index (κ3) is 4.09. The number of hydrogen-bond acceptors (Lipinski definition) is 2. The topological polar surface area (TPSA) is 78.4 Å². The number of urea groups is 1. The highest BCUT2D eigenvalue weighted by molar-refractivity contribution is 5.82. The first-order chi connectivity index (χ1) is 10.6. The van der Waals surface area contributed by atoms with Gasteiger partial charge in [0.2, 0.25) is 0 Å². The first kappa shape index (κ1) is 15.6. The lowest BCUT2D eigenvalue weighted by Crippen LogP contribution is -2.45. The van der Waals surface area contributed by atoms with Crippen LogP contribution in [0.25, 0.3) is 0 Å². The van der Waals surface area contributed by atoms with Gasteiger partial charge >= 0.3 is 12.0 Å². The molecule has 0 saturated heterocycles. The number of nitrogens with one attached hydrogen (secondary N) is 2. The molecule has 0 radical (unpaired) electrons. The van der Waals surface area contributed by atoms with E-state index >= 15 is 0 Å². The van der Waals surface area contributed by atoms with Crippen LogP contribution in [0.5, 0.6) is 0 Å². The van der Waals surface area contributed by atoms with Gasteiger partial charge in [-0.3, -0.25) is 4.79 Å². The van der Waals surface area contributed by atoms with Crippen molar-refractivity contribution in [3.63, 3.8) is 0 Å². The van der Waals surface area contributed by atoms with Gasteiger partial charge in [-0.2, -0.15) is 0 Å². The molecular formula is C17H18N2O3. The van der Waals surface area contributed by atoms with Crippen molar-refractivity contribution >= 4 is 12.0 Å². The van der Waals surface area contributed by atoms with Gasteiger partial charge in [0.05, 0.1) is 6.04 Å². The normalized spacial score (nSPS) is 11.7. The van der Waals surface area contributed by atoms with Crippen molar-refractivity contribution in [1.82, 2.24) is 10.6 Å². The highest BCUT2D eigenvalue weighted by Gasteiger charge is 2.19. The van der Waals surface area contributed by atoms with Crippen LogP contribution in [0.1, 0.15) is 24.1 Å². The van der Waals surface area contributed by atoms with E-state index in [1.165, 1.54) is 6.92 Å². The van der Waals surface area contributed by atoms with Gasteiger partial charge in [-0.25, -0.2) is 4.79 Å². The van der Waals surface area contributed by atoms with Crippen molar-refractivity contribution in [2.24, 2.45) is 0 Å². The molecule has 2 rings (SSSR count). The molecule has 0 aliphatic carbocycles. The minimum atomic E-state index is -1.08. The van der Waals surface area contributed by atoms with Crippen molar-refractivity contribution in [3.05, 3.63) is 71.8 Å². The summed E-state index contributed by atoms with van der Waals surface area (Å²) in [4.78, 5) is 22.8. The third-order valence-electron chi connectivity index (χ3n) is 3.26. The number of aliphatic carboxylic acids is 1. The maximum absolute atomic E-state index is 12.0. The van der Waals surface area contributed by atoms with Gasteiger partial charge in [-0.15, -0.1) is 0 Å². The highest BCUT2D eigenvalue weighted by Crippen LogP contribution is 2.21. The second kappa shape index (κ2) is 7.26. The largest absolute Gasteiger partial charge is 0.480 e. The number of hydrogen-bond donors (Lipinski definition) is 3. The average Bonchev–Trinajstić information content (AvgIpc) is 2.54. The summed E-state index contributed by atoms with van der Waals surface area (Å²) in [5, 5.41) is 14.1. The van der Waals surface area contributed by atoms with Crippen LogP contribution in [0.3, 0.4) is 0 Å². The standard InChI is InChI=1S/C17H18N2O3/c1-12(16(20)21)18-17(22)19-15(13-8-4-2-5-9-13)14-10-6-3-7-11-14/h2-12,15H,1H3,(H,20,21)(H2,18,19,22)/t12-/m0/s1. The summed E-state index contributed by atoms with van der Waals surface area (Å²) < 4.78 is 0. The number of rotatable bonds is 5. The van der Waals surface area contributed by atoms with E-state index in [0.717, 1.165) is 11.1 Å². The van der Waals surface area contributed by atoms with Crippen molar-refractivity contribution in [2.45, 2.75) is 19.0 Å². The molecule has 0 saturated carbocycles. The van der Waals surface area contributed by atoms with Gasteiger partial charge in [0.1, 0.15) is 6.04 Å². The quantitative estimate of drug-likeness (QED) is 0.793. The van der Waals surface area contributed by atoms with Gasteiger partial charge in [0.25, 0.3) is 0 Å². The van der Waals surface area contributed by atoms with Gasteiger partial charge in [0, 0.05) is 0 Å². The lowest BCUT2D eigenvalue weighted by Gasteiger charge is -2.21. The van der Waals surface area contributed by atoms with Crippen molar-refractivity contribution in [2.75, 3.05) is 0 Å². The molecule has 0 fully saturated rings. The van der Waals surface area contributed by atoms with E-state index in [9.17, 15) is 9.59 Å². The van der Waals surface area contributed by atoms with Crippen LogP contribution >= 0.6 is 0 Å². The maximum Gasteiger partial charge on any atom is 0.325 e. The van der Waals surface area contributed by atoms with Gasteiger partial charge in [-0.05, 0) is 18.1 Å². The number of amides is 2. The summed E-state index contributed by atoms with van der Waals surface area (Å²) >= 11 is 0. The molecule has 1 atom stereocenters. The molecule has 2 amide bonds. The molecule has 0 aliphatic heterocycles. The Kier molecular flexibility index (Phi) is 5.14. The second-order valence-electron chi connectivity index (χ2n) is 4.93. The molecule has 0 aromatic heterocycles. The molecule has 114 valence electrons. The van der Waals surface area contributed by atoms with E-state index in [2.05, 4.69) is 10.6 Å². The molecule has 3 N–H and O–H groups in total. The zero-order chi connectivity index (χ0) is 15.9. The van der Waals surface area contributed by atoms with Crippen LogP contribution in [0, 0.1) is 0 Å². The fourth-order valence-electron chi connectivity index (χ4n) is 2.08. The zero-order valence-electron chi connectivity index (χ0n) is 12.2. The SMILES string of the molecule is C[C@H](NC(=O)NC(c1ccccc1)c1ccccc1)C(=O)O. The van der Waals surface area contributed by atoms with Crippen LogP contribution in [0.2, 0.25) is 0 Å². The molecule has 2 aromatic carbocycles. The fourth-order valence-corrected chi connectivity index (χ4v) is 2.08. The second-order valence-corrected chi connectivity index (χ2v) is 4.93. The molecule has 22 heavy (non-hydrogen) atoms. The molecular weight excluding hydrogens is 280 g/mol. The first-order valence-corrected chi connectivity index (χ1v) is 6.97. The Morgan fingerprint density at radius 2 is 1.32 bits per heavy atom. The molecule has 5 heteroatoms. The monoisotopic (exact) mass is 298 g/mol. The molecule has 0 aliphatic rings. The Morgan fingerprint density at radius 1 is 0.864 bits per heavy atom. The zero-order valence-corrected chi connectivity index (χ0v) is 12.2. The van der Waals surface area contributed by atoms with E-state index in [0.29, 0.717) is 0 Å². The van der Waals surface area contributed by atoms with Gasteiger partial charge in [-0.1, -0.05) is 60.7 Å². The third-order valence-corrected chi connectivity index (χ3v) is 3.26. The number of carboxylic acid groups (broad SMARTS) is 1. The number of carbonyl (C=O) groups is 2. The van der Waals surface area contributed by atoms with E-state index < -0.39 is 18.0 Å². The smallest absolute Gasteiger partial charge is 0.325 e. The van der Waals surface area contributed by atoms with Crippen molar-refractivity contribution in [1.29, 1.82) is 0 Å². The Hall–Kier alpha value is -2.82. The minimum Gasteiger partial charge on any atom is -0.480 e. The average molecular weight is 298 g/mol. The van der Waals surface area contributed by atoms with E-state index in [1.807, 2.05) is 60.7 Å². The Bertz CT molecular complexity index is 589. The Balaban J connectivity index is 2.19. The maximum atomic E-state index is 12.0. The summed E-state index contributed by atoms with van der Waals surface area (Å²) in [6, 6.07) is 17.2. The molecule has 2 aromatic rings. The van der Waals surface area contributed by atoms with Crippen LogP contribution < -0.4 is 10.6 Å². The predicted molar refractivity (Wildman–Crippen MR) is 83.5 cm³/mol. The molecule has 0 unspecified atom stereocenters. The molecule has 0 heterocycles. The number of benzene rings is 2. The summed E-state index contributed by atoms with van der Waals surface area (Å²) in [5.74, 6) is -1.08. The van der Waals surface area contributed by atoms with E-state index in [4.69, 9.17) is 5.11 Å². The number of carbonyl (C=O) groups excluding carboxylic acids is 1. The highest BCUT2D eigenvalue weighted by atomic mass is 16.4. The Morgan fingerprint density at radius 3 is 1.73 bits per heavy atom. The van der Waals surface area contributed by atoms with E-state index in [1.54, 1.807) is 0 Å². The summed E-state index contributed by atoms with van der Waals surface area (Å²) in [7, 11) is 0. The lowest BCUT2D eigenvalue weighted by atomic mass is 9.99. The van der Waals surface area contributed by atoms with Crippen LogP contribution in [0.4, 0.5) is 4.79 Å². The molecule has 0 bridgehead atoms. The first-order valence-electron chi connectivity index (χ1n) is 6.97. The van der Waals surface area contributed by atoms with Crippen molar-refractivity contribution in [3.8, 4) is 0 Å². The van der Waals surface area contributed by atoms with Gasteiger partial charge in [0.15, 0.2) is 0 Å². The lowest BCUT2D eigenvalue weighted by molar-refractivity contribution is -0.138. The summed E-state index contributed by atoms with van der Waals surface area (Å²) in [6.07, 6.45) is 0. The van der Waals surface area contributed by atoms with Crippen LogP contribution in [-0.2, 0) is 4.79 Å². The predicted octanol–water partition coefficient (Wildman–Crippen LogP) is 2.55. The summed E-state index contributed by atoms with van der Waals surface area (Å²) in [5.41, 5.74) is 1.85. The number of carboxylic acids is 1. The minimum absolute atomic E-state index is 0.344. The van der Waals surface area contributed by atoms with Crippen LogP contribution in [-0.4, -0.2) is 23.1 Å². The fraction of sp³-hybridized carbons (Fsp3) is 0.176. The van der Waals surface area contributed by atoms with Gasteiger partial charge < -0.3 is 15.7 Å². The van der Waals surface area contributed by atoms with E-state index in [-0.39, 0.29) is 6.04 Å². The molecule has 0 spiro atoms. The van der Waals surface area contributed by atoms with Crippen molar-refractivity contribution < 1.29 is 14.7 Å². The molecule has 5 nitrogen and oxygen atoms in total.